The Balaban J connectivity index is 2.09. The van der Waals surface area contributed by atoms with Crippen molar-refractivity contribution in [1.82, 2.24) is 9.97 Å². The molecule has 1 atom stereocenters. The molecule has 1 N–H and O–H groups in total. The van der Waals surface area contributed by atoms with E-state index in [4.69, 9.17) is 0 Å². The van der Waals surface area contributed by atoms with Gasteiger partial charge in [-0.15, -0.1) is 0 Å². The molecule has 0 radical (unpaired) electrons. The van der Waals surface area contributed by atoms with E-state index < -0.39 is 0 Å². The number of hydrogen-bond acceptors (Lipinski definition) is 4. The van der Waals surface area contributed by atoms with E-state index >= 15 is 0 Å². The number of nitrogens with one attached hydrogen (secondary N) is 1. The van der Waals surface area contributed by atoms with Crippen LogP contribution in [0.25, 0.3) is 0 Å². The van der Waals surface area contributed by atoms with Crippen LogP contribution in [0, 0.1) is 5.92 Å². The minimum absolute atomic E-state index is 0.401. The van der Waals surface area contributed by atoms with E-state index in [-0.39, 0.29) is 0 Å². The second-order valence-electron chi connectivity index (χ2n) is 5.23. The summed E-state index contributed by atoms with van der Waals surface area (Å²) >= 11 is 0. The third-order valence-corrected chi connectivity index (χ3v) is 3.02. The molecule has 4 heteroatoms. The lowest BCUT2D eigenvalue weighted by Gasteiger charge is -2.31. The molecule has 1 aliphatic heterocycles. The van der Waals surface area contributed by atoms with Crippen LogP contribution in [0.1, 0.15) is 33.6 Å². The van der Waals surface area contributed by atoms with Crippen LogP contribution in [-0.2, 0) is 0 Å². The molecule has 94 valence electrons. The van der Waals surface area contributed by atoms with Gasteiger partial charge in [-0.2, -0.15) is 4.98 Å². The van der Waals surface area contributed by atoms with E-state index in [0.29, 0.717) is 6.04 Å². The van der Waals surface area contributed by atoms with Crippen molar-refractivity contribution in [2.45, 2.75) is 39.7 Å². The number of aromatic nitrogens is 2. The number of hydrogen-bond donors (Lipinski definition) is 1. The first-order chi connectivity index (χ1) is 8.15. The van der Waals surface area contributed by atoms with Gasteiger partial charge in [0.1, 0.15) is 5.82 Å². The van der Waals surface area contributed by atoms with Crippen LogP contribution in [-0.4, -0.2) is 29.1 Å². The summed E-state index contributed by atoms with van der Waals surface area (Å²) in [5.41, 5.74) is 0. The summed E-state index contributed by atoms with van der Waals surface area (Å²) in [4.78, 5) is 11.2. The minimum atomic E-state index is 0.401. The molecule has 0 saturated carbocycles. The van der Waals surface area contributed by atoms with Gasteiger partial charge in [-0.05, 0) is 38.7 Å². The van der Waals surface area contributed by atoms with Crippen LogP contribution >= 0.6 is 0 Å². The van der Waals surface area contributed by atoms with Gasteiger partial charge in [0, 0.05) is 25.3 Å². The van der Waals surface area contributed by atoms with Gasteiger partial charge in [0.05, 0.1) is 0 Å². The Morgan fingerprint density at radius 2 is 2.29 bits per heavy atom. The van der Waals surface area contributed by atoms with Crippen molar-refractivity contribution in [2.75, 3.05) is 23.3 Å². The maximum absolute atomic E-state index is 4.57. The highest BCUT2D eigenvalue weighted by molar-refractivity contribution is 5.41. The molecule has 1 aromatic rings. The van der Waals surface area contributed by atoms with Gasteiger partial charge < -0.3 is 10.2 Å². The molecule has 0 aromatic carbocycles. The monoisotopic (exact) mass is 234 g/mol. The van der Waals surface area contributed by atoms with Crippen LogP contribution in [0.3, 0.4) is 0 Å². The summed E-state index contributed by atoms with van der Waals surface area (Å²) < 4.78 is 0. The highest BCUT2D eigenvalue weighted by Crippen LogP contribution is 2.20. The van der Waals surface area contributed by atoms with E-state index in [2.05, 4.69) is 41.0 Å². The largest absolute Gasteiger partial charge is 0.368 e. The Morgan fingerprint density at radius 1 is 1.47 bits per heavy atom. The lowest BCUT2D eigenvalue weighted by Crippen LogP contribution is -2.35. The lowest BCUT2D eigenvalue weighted by molar-refractivity contribution is 0.442. The second kappa shape index (κ2) is 5.34. The predicted molar refractivity (Wildman–Crippen MR) is 71.4 cm³/mol. The van der Waals surface area contributed by atoms with Crippen molar-refractivity contribution >= 4 is 11.8 Å². The van der Waals surface area contributed by atoms with Gasteiger partial charge in [-0.1, -0.05) is 6.92 Å². The third-order valence-electron chi connectivity index (χ3n) is 3.02. The molecule has 1 unspecified atom stereocenters. The normalized spacial score (nSPS) is 20.7. The molecular weight excluding hydrogens is 212 g/mol. The Labute approximate surface area is 103 Å². The van der Waals surface area contributed by atoms with Crippen LogP contribution in [0.2, 0.25) is 0 Å². The molecule has 4 nitrogen and oxygen atoms in total. The Bertz CT molecular complexity index is 364. The Morgan fingerprint density at radius 3 is 3.00 bits per heavy atom. The van der Waals surface area contributed by atoms with Crippen molar-refractivity contribution in [2.24, 2.45) is 5.92 Å². The molecule has 17 heavy (non-hydrogen) atoms. The predicted octanol–water partition coefficient (Wildman–Crippen LogP) is 2.53. The minimum Gasteiger partial charge on any atom is -0.368 e. The third kappa shape index (κ3) is 3.32. The zero-order valence-corrected chi connectivity index (χ0v) is 11.0. The molecule has 0 bridgehead atoms. The second-order valence-corrected chi connectivity index (χ2v) is 5.23. The molecule has 0 amide bonds. The fourth-order valence-electron chi connectivity index (χ4n) is 2.25. The first-order valence-corrected chi connectivity index (χ1v) is 6.49. The summed E-state index contributed by atoms with van der Waals surface area (Å²) in [7, 11) is 0. The molecule has 0 spiro atoms. The molecule has 2 heterocycles. The average molecular weight is 234 g/mol. The van der Waals surface area contributed by atoms with Crippen molar-refractivity contribution in [3.8, 4) is 0 Å². The number of nitrogens with zero attached hydrogens (tertiary/aromatic N) is 3. The van der Waals surface area contributed by atoms with Crippen LogP contribution in [0.4, 0.5) is 11.8 Å². The Hall–Kier alpha value is -1.32. The number of anilines is 2. The summed E-state index contributed by atoms with van der Waals surface area (Å²) in [5.74, 6) is 2.53. The van der Waals surface area contributed by atoms with E-state index in [9.17, 15) is 0 Å². The maximum Gasteiger partial charge on any atom is 0.227 e. The zero-order valence-electron chi connectivity index (χ0n) is 11.0. The first kappa shape index (κ1) is 12.1. The van der Waals surface area contributed by atoms with Crippen molar-refractivity contribution in [3.05, 3.63) is 12.3 Å². The number of rotatable bonds is 3. The SMILES string of the molecule is CC1CCCN(c2nccc(NC(C)C)n2)C1. The fourth-order valence-corrected chi connectivity index (χ4v) is 2.25. The molecule has 2 rings (SSSR count). The van der Waals surface area contributed by atoms with Crippen molar-refractivity contribution in [3.63, 3.8) is 0 Å². The highest BCUT2D eigenvalue weighted by atomic mass is 15.3. The van der Waals surface area contributed by atoms with Crippen molar-refractivity contribution < 1.29 is 0 Å². The topological polar surface area (TPSA) is 41.1 Å². The average Bonchev–Trinajstić information content (AvgIpc) is 2.28. The lowest BCUT2D eigenvalue weighted by atomic mass is 10.0. The zero-order chi connectivity index (χ0) is 12.3. The van der Waals surface area contributed by atoms with Gasteiger partial charge >= 0.3 is 0 Å². The summed E-state index contributed by atoms with van der Waals surface area (Å²) in [6.07, 6.45) is 4.40. The number of piperidine rings is 1. The Kier molecular flexibility index (Phi) is 3.82. The maximum atomic E-state index is 4.57. The molecule has 1 aliphatic rings. The quantitative estimate of drug-likeness (QED) is 0.872. The van der Waals surface area contributed by atoms with Crippen LogP contribution in [0.15, 0.2) is 12.3 Å². The van der Waals surface area contributed by atoms with E-state index in [1.54, 1.807) is 0 Å². The van der Waals surface area contributed by atoms with Crippen LogP contribution < -0.4 is 10.2 Å². The van der Waals surface area contributed by atoms with E-state index in [1.807, 2.05) is 12.3 Å². The smallest absolute Gasteiger partial charge is 0.227 e. The van der Waals surface area contributed by atoms with Gasteiger partial charge in [0.25, 0.3) is 0 Å². The highest BCUT2D eigenvalue weighted by Gasteiger charge is 2.18. The molecular formula is C13H22N4. The molecule has 1 saturated heterocycles. The molecule has 0 aliphatic carbocycles. The molecule has 1 fully saturated rings. The van der Waals surface area contributed by atoms with E-state index in [1.165, 1.54) is 12.8 Å². The standard InChI is InChI=1S/C13H22N4/c1-10(2)15-12-6-7-14-13(16-12)17-8-4-5-11(3)9-17/h6-7,10-11H,4-5,8-9H2,1-3H3,(H,14,15,16). The van der Waals surface area contributed by atoms with Crippen molar-refractivity contribution in [1.29, 1.82) is 0 Å². The van der Waals surface area contributed by atoms with Gasteiger partial charge in [0.2, 0.25) is 5.95 Å². The van der Waals surface area contributed by atoms with E-state index in [0.717, 1.165) is 30.8 Å². The van der Waals surface area contributed by atoms with Gasteiger partial charge in [0.15, 0.2) is 0 Å². The first-order valence-electron chi connectivity index (χ1n) is 6.49. The van der Waals surface area contributed by atoms with Gasteiger partial charge in [-0.3, -0.25) is 0 Å². The summed E-state index contributed by atoms with van der Waals surface area (Å²) in [6.45, 7) is 8.68. The summed E-state index contributed by atoms with van der Waals surface area (Å²) in [5, 5.41) is 3.32. The fraction of sp³-hybridized carbons (Fsp3) is 0.692. The van der Waals surface area contributed by atoms with Crippen LogP contribution in [0.5, 0.6) is 0 Å². The van der Waals surface area contributed by atoms with Gasteiger partial charge in [-0.25, -0.2) is 4.98 Å². The summed E-state index contributed by atoms with van der Waals surface area (Å²) in [6, 6.07) is 2.33. The molecule has 1 aromatic heterocycles.